The van der Waals surface area contributed by atoms with E-state index in [1.807, 2.05) is 6.92 Å². The fourth-order valence-corrected chi connectivity index (χ4v) is 2.14. The van der Waals surface area contributed by atoms with E-state index in [4.69, 9.17) is 5.73 Å². The number of aryl methyl sites for hydroxylation is 1. The van der Waals surface area contributed by atoms with Crippen LogP contribution in [0.3, 0.4) is 0 Å². The first-order valence-electron chi connectivity index (χ1n) is 5.90. The summed E-state index contributed by atoms with van der Waals surface area (Å²) in [6, 6.07) is 4.76. The second kappa shape index (κ2) is 4.68. The SMILES string of the molecule is Cc1cc(N)cc(C(=O)NC2CCN(C)C2=O)c1. The number of carbonyl (C=O) groups is 2. The lowest BCUT2D eigenvalue weighted by Gasteiger charge is -2.12. The molecule has 0 saturated carbocycles. The number of nitrogens with one attached hydrogen (secondary N) is 1. The lowest BCUT2D eigenvalue weighted by atomic mass is 10.1. The fraction of sp³-hybridized carbons (Fsp3) is 0.385. The molecule has 1 aliphatic rings. The van der Waals surface area contributed by atoms with Gasteiger partial charge in [0.2, 0.25) is 5.91 Å². The van der Waals surface area contributed by atoms with Crippen LogP contribution in [0.2, 0.25) is 0 Å². The number of anilines is 1. The van der Waals surface area contributed by atoms with Gasteiger partial charge in [-0.05, 0) is 37.1 Å². The van der Waals surface area contributed by atoms with Gasteiger partial charge in [0.1, 0.15) is 6.04 Å². The van der Waals surface area contributed by atoms with Gasteiger partial charge in [0.15, 0.2) is 0 Å². The number of rotatable bonds is 2. The van der Waals surface area contributed by atoms with Crippen molar-refractivity contribution < 1.29 is 9.59 Å². The number of nitrogens with two attached hydrogens (primary N) is 1. The van der Waals surface area contributed by atoms with E-state index < -0.39 is 6.04 Å². The van der Waals surface area contributed by atoms with E-state index in [1.165, 1.54) is 0 Å². The maximum absolute atomic E-state index is 12.0. The number of nitrogen functional groups attached to an aromatic ring is 1. The number of likely N-dealkylation sites (tertiary alicyclic amines) is 1. The molecule has 5 nitrogen and oxygen atoms in total. The molecule has 1 aliphatic heterocycles. The summed E-state index contributed by atoms with van der Waals surface area (Å²) in [6.07, 6.45) is 0.655. The first kappa shape index (κ1) is 12.4. The van der Waals surface area contributed by atoms with Crippen LogP contribution in [0.15, 0.2) is 18.2 Å². The number of hydrogen-bond donors (Lipinski definition) is 2. The molecule has 0 radical (unpaired) electrons. The monoisotopic (exact) mass is 247 g/mol. The van der Waals surface area contributed by atoms with Gasteiger partial charge in [0, 0.05) is 24.8 Å². The Morgan fingerprint density at radius 3 is 2.72 bits per heavy atom. The second-order valence-electron chi connectivity index (χ2n) is 4.71. The first-order chi connectivity index (χ1) is 8.47. The van der Waals surface area contributed by atoms with Crippen molar-refractivity contribution in [1.82, 2.24) is 10.2 Å². The zero-order chi connectivity index (χ0) is 13.3. The molecule has 3 N–H and O–H groups in total. The van der Waals surface area contributed by atoms with Crippen LogP contribution >= 0.6 is 0 Å². The molecular formula is C13H17N3O2. The molecule has 0 bridgehead atoms. The smallest absolute Gasteiger partial charge is 0.252 e. The molecule has 96 valence electrons. The van der Waals surface area contributed by atoms with E-state index in [0.717, 1.165) is 5.56 Å². The minimum atomic E-state index is -0.413. The Morgan fingerprint density at radius 2 is 2.17 bits per heavy atom. The van der Waals surface area contributed by atoms with Gasteiger partial charge >= 0.3 is 0 Å². The molecule has 0 aliphatic carbocycles. The molecule has 2 amide bonds. The van der Waals surface area contributed by atoms with E-state index >= 15 is 0 Å². The van der Waals surface area contributed by atoms with Crippen LogP contribution in [0.4, 0.5) is 5.69 Å². The van der Waals surface area contributed by atoms with Gasteiger partial charge < -0.3 is 16.0 Å². The molecule has 1 aromatic carbocycles. The Morgan fingerprint density at radius 1 is 1.44 bits per heavy atom. The Kier molecular flexibility index (Phi) is 3.23. The van der Waals surface area contributed by atoms with Crippen molar-refractivity contribution in [3.8, 4) is 0 Å². The average molecular weight is 247 g/mol. The van der Waals surface area contributed by atoms with Crippen LogP contribution in [0, 0.1) is 6.92 Å². The van der Waals surface area contributed by atoms with E-state index in [2.05, 4.69) is 5.32 Å². The van der Waals surface area contributed by atoms with Gasteiger partial charge in [0.05, 0.1) is 0 Å². The summed E-state index contributed by atoms with van der Waals surface area (Å²) < 4.78 is 0. The Bertz CT molecular complexity index is 479. The highest BCUT2D eigenvalue weighted by Gasteiger charge is 2.30. The second-order valence-corrected chi connectivity index (χ2v) is 4.71. The quantitative estimate of drug-likeness (QED) is 0.749. The van der Waals surface area contributed by atoms with Crippen molar-refractivity contribution in [2.24, 2.45) is 0 Å². The Balaban J connectivity index is 2.10. The first-order valence-corrected chi connectivity index (χ1v) is 5.90. The number of likely N-dealkylation sites (N-methyl/N-ethyl adjacent to an activating group) is 1. The molecule has 0 aromatic heterocycles. The van der Waals surface area contributed by atoms with Crippen LogP contribution in [0.25, 0.3) is 0 Å². The molecule has 1 saturated heterocycles. The average Bonchev–Trinajstić information content (AvgIpc) is 2.59. The van der Waals surface area contributed by atoms with Crippen LogP contribution in [-0.2, 0) is 4.79 Å². The van der Waals surface area contributed by atoms with Crippen LogP contribution < -0.4 is 11.1 Å². The lowest BCUT2D eigenvalue weighted by Crippen LogP contribution is -2.40. The van der Waals surface area contributed by atoms with Crippen molar-refractivity contribution in [3.05, 3.63) is 29.3 Å². The van der Waals surface area contributed by atoms with E-state index in [0.29, 0.717) is 24.2 Å². The predicted octanol–water partition coefficient (Wildman–Crippen LogP) is 0.538. The third kappa shape index (κ3) is 2.45. The Labute approximate surface area is 106 Å². The molecule has 1 atom stereocenters. The van der Waals surface area contributed by atoms with Crippen molar-refractivity contribution in [2.45, 2.75) is 19.4 Å². The van der Waals surface area contributed by atoms with Gasteiger partial charge in [0.25, 0.3) is 5.91 Å². The number of carbonyl (C=O) groups excluding carboxylic acids is 2. The summed E-state index contributed by atoms with van der Waals surface area (Å²) in [5.74, 6) is -0.289. The molecule has 1 fully saturated rings. The zero-order valence-corrected chi connectivity index (χ0v) is 10.6. The minimum absolute atomic E-state index is 0.0380. The van der Waals surface area contributed by atoms with Gasteiger partial charge in [-0.15, -0.1) is 0 Å². The highest BCUT2D eigenvalue weighted by Crippen LogP contribution is 2.13. The molecule has 1 heterocycles. The van der Waals surface area contributed by atoms with E-state index in [1.54, 1.807) is 30.1 Å². The van der Waals surface area contributed by atoms with Crippen LogP contribution in [0.1, 0.15) is 22.3 Å². The summed E-state index contributed by atoms with van der Waals surface area (Å²) in [6.45, 7) is 2.56. The normalized spacial score (nSPS) is 19.1. The third-order valence-corrected chi connectivity index (χ3v) is 3.09. The minimum Gasteiger partial charge on any atom is -0.399 e. The van der Waals surface area contributed by atoms with Gasteiger partial charge in [-0.2, -0.15) is 0 Å². The summed E-state index contributed by atoms with van der Waals surface area (Å²) in [5.41, 5.74) is 7.67. The number of benzene rings is 1. The molecular weight excluding hydrogens is 230 g/mol. The number of hydrogen-bond acceptors (Lipinski definition) is 3. The standard InChI is InChI=1S/C13H17N3O2/c1-8-5-9(7-10(14)6-8)12(17)15-11-3-4-16(2)13(11)18/h5-7,11H,3-4,14H2,1-2H3,(H,15,17). The van der Waals surface area contributed by atoms with Crippen molar-refractivity contribution in [1.29, 1.82) is 0 Å². The molecule has 1 unspecified atom stereocenters. The van der Waals surface area contributed by atoms with Crippen LogP contribution in [-0.4, -0.2) is 36.3 Å². The largest absolute Gasteiger partial charge is 0.399 e. The van der Waals surface area contributed by atoms with Gasteiger partial charge in [-0.1, -0.05) is 0 Å². The summed E-state index contributed by atoms with van der Waals surface area (Å²) in [7, 11) is 1.74. The van der Waals surface area contributed by atoms with E-state index in [-0.39, 0.29) is 11.8 Å². The maximum atomic E-state index is 12.0. The van der Waals surface area contributed by atoms with Gasteiger partial charge in [-0.3, -0.25) is 9.59 Å². The van der Waals surface area contributed by atoms with Crippen molar-refractivity contribution >= 4 is 17.5 Å². The van der Waals surface area contributed by atoms with E-state index in [9.17, 15) is 9.59 Å². The summed E-state index contributed by atoms with van der Waals surface area (Å²) >= 11 is 0. The topological polar surface area (TPSA) is 75.4 Å². The summed E-state index contributed by atoms with van der Waals surface area (Å²) in [5, 5.41) is 2.74. The highest BCUT2D eigenvalue weighted by atomic mass is 16.2. The Hall–Kier alpha value is -2.04. The molecule has 18 heavy (non-hydrogen) atoms. The molecule has 5 heteroatoms. The highest BCUT2D eigenvalue weighted by molar-refractivity contribution is 5.98. The third-order valence-electron chi connectivity index (χ3n) is 3.09. The number of amides is 2. The fourth-order valence-electron chi connectivity index (χ4n) is 2.14. The lowest BCUT2D eigenvalue weighted by molar-refractivity contribution is -0.128. The molecule has 0 spiro atoms. The zero-order valence-electron chi connectivity index (χ0n) is 10.6. The van der Waals surface area contributed by atoms with Gasteiger partial charge in [-0.25, -0.2) is 0 Å². The van der Waals surface area contributed by atoms with Crippen molar-refractivity contribution in [3.63, 3.8) is 0 Å². The molecule has 1 aromatic rings. The van der Waals surface area contributed by atoms with Crippen molar-refractivity contribution in [2.75, 3.05) is 19.3 Å². The summed E-state index contributed by atoms with van der Waals surface area (Å²) in [4.78, 5) is 25.3. The van der Waals surface area contributed by atoms with Crippen LogP contribution in [0.5, 0.6) is 0 Å². The predicted molar refractivity (Wildman–Crippen MR) is 69.1 cm³/mol. The number of nitrogens with zero attached hydrogens (tertiary/aromatic N) is 1. The molecule has 2 rings (SSSR count). The maximum Gasteiger partial charge on any atom is 0.252 e.